The zero-order valence-electron chi connectivity index (χ0n) is 16.9. The van der Waals surface area contributed by atoms with Crippen molar-refractivity contribution in [3.05, 3.63) is 17.0 Å². The minimum atomic E-state index is 0.0763. The third kappa shape index (κ3) is 4.60. The van der Waals surface area contributed by atoms with Crippen LogP contribution < -0.4 is 0 Å². The van der Waals surface area contributed by atoms with Gasteiger partial charge in [0.05, 0.1) is 18.0 Å². The SMILES string of the molecule is CCCCc1c(C)nc2nc(SCC(=O)N3CC(C)OC(C)C3)nn2c1C. The average molecular weight is 392 g/mol. The average Bonchev–Trinajstić information content (AvgIpc) is 3.01. The van der Waals surface area contributed by atoms with E-state index in [1.54, 1.807) is 0 Å². The highest BCUT2D eigenvalue weighted by molar-refractivity contribution is 7.99. The Hall–Kier alpha value is -1.67. The molecular weight excluding hydrogens is 362 g/mol. The highest BCUT2D eigenvalue weighted by atomic mass is 32.2. The Kier molecular flexibility index (Phi) is 6.37. The van der Waals surface area contributed by atoms with E-state index in [0.29, 0.717) is 29.8 Å². The Morgan fingerprint density at radius 1 is 1.22 bits per heavy atom. The fourth-order valence-corrected chi connectivity index (χ4v) is 4.29. The van der Waals surface area contributed by atoms with Crippen molar-refractivity contribution in [2.45, 2.75) is 71.2 Å². The minimum absolute atomic E-state index is 0.0763. The lowest BCUT2D eigenvalue weighted by Gasteiger charge is -2.35. The van der Waals surface area contributed by atoms with Gasteiger partial charge in [0.2, 0.25) is 11.1 Å². The molecule has 0 aliphatic carbocycles. The molecule has 7 nitrogen and oxygen atoms in total. The second-order valence-electron chi connectivity index (χ2n) is 7.32. The van der Waals surface area contributed by atoms with Gasteiger partial charge in [-0.1, -0.05) is 25.1 Å². The van der Waals surface area contributed by atoms with Crippen molar-refractivity contribution in [1.29, 1.82) is 0 Å². The fourth-order valence-electron chi connectivity index (χ4n) is 3.57. The summed E-state index contributed by atoms with van der Waals surface area (Å²) in [5.41, 5.74) is 3.36. The van der Waals surface area contributed by atoms with Crippen LogP contribution >= 0.6 is 11.8 Å². The quantitative estimate of drug-likeness (QED) is 0.705. The number of carbonyl (C=O) groups excluding carboxylic acids is 1. The molecule has 0 spiro atoms. The molecule has 0 radical (unpaired) electrons. The van der Waals surface area contributed by atoms with Crippen molar-refractivity contribution in [3.63, 3.8) is 0 Å². The molecule has 2 aromatic heterocycles. The van der Waals surface area contributed by atoms with Crippen LogP contribution in [0.15, 0.2) is 5.16 Å². The van der Waals surface area contributed by atoms with Crippen LogP contribution in [0.3, 0.4) is 0 Å². The van der Waals surface area contributed by atoms with Gasteiger partial charge in [-0.2, -0.15) is 4.98 Å². The van der Waals surface area contributed by atoms with Crippen LogP contribution in [0, 0.1) is 13.8 Å². The smallest absolute Gasteiger partial charge is 0.253 e. The molecule has 2 unspecified atom stereocenters. The number of ether oxygens (including phenoxy) is 1. The molecule has 0 aromatic carbocycles. The molecule has 8 heteroatoms. The fraction of sp³-hybridized carbons (Fsp3) is 0.684. The van der Waals surface area contributed by atoms with E-state index in [2.05, 4.69) is 28.9 Å². The molecule has 1 amide bonds. The summed E-state index contributed by atoms with van der Waals surface area (Å²) in [6.45, 7) is 11.6. The number of hydrogen-bond donors (Lipinski definition) is 0. The first kappa shape index (κ1) is 20.1. The van der Waals surface area contributed by atoms with Gasteiger partial charge in [0.25, 0.3) is 5.78 Å². The van der Waals surface area contributed by atoms with Crippen LogP contribution in [-0.4, -0.2) is 61.4 Å². The lowest BCUT2D eigenvalue weighted by atomic mass is 10.1. The summed E-state index contributed by atoms with van der Waals surface area (Å²) >= 11 is 1.37. The van der Waals surface area contributed by atoms with Gasteiger partial charge in [-0.25, -0.2) is 9.50 Å². The third-order valence-electron chi connectivity index (χ3n) is 4.91. The molecule has 1 saturated heterocycles. The van der Waals surface area contributed by atoms with Gasteiger partial charge in [-0.05, 0) is 46.1 Å². The highest BCUT2D eigenvalue weighted by Gasteiger charge is 2.26. The first-order chi connectivity index (χ1) is 12.9. The van der Waals surface area contributed by atoms with Crippen LogP contribution in [0.4, 0.5) is 0 Å². The lowest BCUT2D eigenvalue weighted by Crippen LogP contribution is -2.48. The van der Waals surface area contributed by atoms with Crippen LogP contribution in [0.1, 0.15) is 50.6 Å². The van der Waals surface area contributed by atoms with Gasteiger partial charge in [0.15, 0.2) is 0 Å². The summed E-state index contributed by atoms with van der Waals surface area (Å²) in [5, 5.41) is 5.18. The molecule has 27 heavy (non-hydrogen) atoms. The molecule has 3 rings (SSSR count). The number of rotatable bonds is 6. The summed E-state index contributed by atoms with van der Waals surface area (Å²) in [6.07, 6.45) is 3.44. The van der Waals surface area contributed by atoms with Crippen molar-refractivity contribution < 1.29 is 9.53 Å². The lowest BCUT2D eigenvalue weighted by molar-refractivity contribution is -0.140. The monoisotopic (exact) mass is 391 g/mol. The molecule has 2 aromatic rings. The number of aryl methyl sites for hydroxylation is 2. The molecule has 1 aliphatic heterocycles. The van der Waals surface area contributed by atoms with Crippen LogP contribution in [0.25, 0.3) is 5.78 Å². The Labute approximate surface area is 164 Å². The Bertz CT molecular complexity index is 812. The van der Waals surface area contributed by atoms with Crippen molar-refractivity contribution in [2.75, 3.05) is 18.8 Å². The first-order valence-corrected chi connectivity index (χ1v) is 10.7. The standard InChI is InChI=1S/C19H29N5O2S/c1-6-7-8-16-14(4)20-18-21-19(22-24(18)15(16)5)27-11-17(25)23-9-12(2)26-13(3)10-23/h12-13H,6-11H2,1-5H3. The molecule has 0 N–H and O–H groups in total. The van der Waals surface area contributed by atoms with Gasteiger partial charge in [-0.15, -0.1) is 5.10 Å². The second-order valence-corrected chi connectivity index (χ2v) is 8.26. The van der Waals surface area contributed by atoms with E-state index in [-0.39, 0.29) is 18.1 Å². The Morgan fingerprint density at radius 2 is 1.93 bits per heavy atom. The molecule has 0 bridgehead atoms. The minimum Gasteiger partial charge on any atom is -0.372 e. The van der Waals surface area contributed by atoms with E-state index >= 15 is 0 Å². The van der Waals surface area contributed by atoms with Crippen LogP contribution in [0.5, 0.6) is 0 Å². The van der Waals surface area contributed by atoms with E-state index < -0.39 is 0 Å². The number of hydrogen-bond acceptors (Lipinski definition) is 6. The predicted octanol–water partition coefficient (Wildman–Crippen LogP) is 2.81. The van der Waals surface area contributed by atoms with E-state index in [4.69, 9.17) is 4.74 Å². The van der Waals surface area contributed by atoms with Crippen LogP contribution in [0.2, 0.25) is 0 Å². The van der Waals surface area contributed by atoms with Crippen LogP contribution in [-0.2, 0) is 16.0 Å². The summed E-state index contributed by atoms with van der Waals surface area (Å²) in [7, 11) is 0. The molecule has 3 heterocycles. The number of nitrogens with zero attached hydrogens (tertiary/aromatic N) is 5. The summed E-state index contributed by atoms with van der Waals surface area (Å²) in [6, 6.07) is 0. The number of morpholine rings is 1. The van der Waals surface area contributed by atoms with Gasteiger partial charge in [0, 0.05) is 24.5 Å². The Balaban J connectivity index is 1.70. The maximum absolute atomic E-state index is 12.5. The number of unbranched alkanes of at least 4 members (excludes halogenated alkanes) is 1. The van der Waals surface area contributed by atoms with E-state index in [1.807, 2.05) is 30.2 Å². The van der Waals surface area contributed by atoms with Crippen molar-refractivity contribution in [3.8, 4) is 0 Å². The van der Waals surface area contributed by atoms with Crippen molar-refractivity contribution in [2.24, 2.45) is 0 Å². The summed E-state index contributed by atoms with van der Waals surface area (Å²) < 4.78 is 7.50. The van der Waals surface area contributed by atoms with Gasteiger partial charge in [-0.3, -0.25) is 4.79 Å². The first-order valence-electron chi connectivity index (χ1n) is 9.68. The molecular formula is C19H29N5O2S. The molecule has 148 valence electrons. The number of carbonyl (C=O) groups is 1. The number of amides is 1. The molecule has 0 saturated carbocycles. The predicted molar refractivity (Wildman–Crippen MR) is 106 cm³/mol. The number of aromatic nitrogens is 4. The zero-order chi connectivity index (χ0) is 19.6. The summed E-state index contributed by atoms with van der Waals surface area (Å²) in [5.74, 6) is 1.04. The highest BCUT2D eigenvalue weighted by Crippen LogP contribution is 2.20. The van der Waals surface area contributed by atoms with E-state index in [1.165, 1.54) is 17.3 Å². The topological polar surface area (TPSA) is 72.6 Å². The van der Waals surface area contributed by atoms with E-state index in [9.17, 15) is 4.79 Å². The second kappa shape index (κ2) is 8.56. The molecule has 1 fully saturated rings. The third-order valence-corrected chi connectivity index (χ3v) is 5.73. The zero-order valence-corrected chi connectivity index (χ0v) is 17.7. The van der Waals surface area contributed by atoms with E-state index in [0.717, 1.165) is 30.7 Å². The maximum Gasteiger partial charge on any atom is 0.253 e. The number of fused-ring (bicyclic) bond motifs is 1. The largest absolute Gasteiger partial charge is 0.372 e. The van der Waals surface area contributed by atoms with Gasteiger partial charge >= 0.3 is 0 Å². The Morgan fingerprint density at radius 3 is 2.59 bits per heavy atom. The molecule has 1 aliphatic rings. The summed E-state index contributed by atoms with van der Waals surface area (Å²) in [4.78, 5) is 23.5. The maximum atomic E-state index is 12.5. The van der Waals surface area contributed by atoms with Crippen molar-refractivity contribution in [1.82, 2.24) is 24.5 Å². The van der Waals surface area contributed by atoms with Gasteiger partial charge < -0.3 is 9.64 Å². The normalized spacial score (nSPS) is 20.4. The van der Waals surface area contributed by atoms with Crippen molar-refractivity contribution >= 4 is 23.4 Å². The van der Waals surface area contributed by atoms with Gasteiger partial charge in [0.1, 0.15) is 0 Å². The number of thioether (sulfide) groups is 1. The molecule has 2 atom stereocenters.